The molecular formula is C21H26N4O3S2. The van der Waals surface area contributed by atoms with Gasteiger partial charge in [0.2, 0.25) is 15.9 Å². The molecule has 1 aliphatic rings. The largest absolute Gasteiger partial charge is 0.332 e. The zero-order chi connectivity index (χ0) is 21.7. The number of sulfonamides is 1. The quantitative estimate of drug-likeness (QED) is 0.684. The number of hydrogen-bond donors (Lipinski definition) is 2. The predicted molar refractivity (Wildman–Crippen MR) is 122 cm³/mol. The molecule has 160 valence electrons. The van der Waals surface area contributed by atoms with Crippen molar-refractivity contribution in [2.24, 2.45) is 0 Å². The molecule has 1 heterocycles. The van der Waals surface area contributed by atoms with Crippen molar-refractivity contribution in [3.63, 3.8) is 0 Å². The second kappa shape index (κ2) is 9.65. The van der Waals surface area contributed by atoms with Crippen LogP contribution < -0.4 is 10.6 Å². The number of aryl methyl sites for hydroxylation is 1. The van der Waals surface area contributed by atoms with Crippen LogP contribution in [-0.4, -0.2) is 61.9 Å². The van der Waals surface area contributed by atoms with Gasteiger partial charge in [-0.1, -0.05) is 24.3 Å². The molecule has 0 saturated carbocycles. The molecule has 1 aliphatic heterocycles. The van der Waals surface area contributed by atoms with Gasteiger partial charge in [0.1, 0.15) is 0 Å². The molecule has 1 saturated heterocycles. The number of nitrogens with zero attached hydrogens (tertiary/aromatic N) is 2. The Kier molecular flexibility index (Phi) is 7.19. The van der Waals surface area contributed by atoms with Crippen LogP contribution in [-0.2, 0) is 21.2 Å². The first-order valence-electron chi connectivity index (χ1n) is 9.70. The van der Waals surface area contributed by atoms with Crippen molar-refractivity contribution in [3.8, 4) is 0 Å². The van der Waals surface area contributed by atoms with E-state index in [0.29, 0.717) is 18.8 Å². The molecule has 0 spiro atoms. The maximum atomic E-state index is 12.8. The number of rotatable bonds is 5. The molecular weight excluding hydrogens is 420 g/mol. The van der Waals surface area contributed by atoms with E-state index in [2.05, 4.69) is 15.5 Å². The third-order valence-corrected chi connectivity index (χ3v) is 7.19. The van der Waals surface area contributed by atoms with Crippen LogP contribution in [0, 0.1) is 6.92 Å². The fraction of sp³-hybridized carbons (Fsp3) is 0.333. The smallest absolute Gasteiger partial charge is 0.243 e. The highest BCUT2D eigenvalue weighted by Gasteiger charge is 2.27. The molecule has 0 aromatic heterocycles. The molecule has 2 aromatic rings. The van der Waals surface area contributed by atoms with Gasteiger partial charge in [0, 0.05) is 31.9 Å². The summed E-state index contributed by atoms with van der Waals surface area (Å²) < 4.78 is 27.1. The molecule has 3 rings (SSSR count). The van der Waals surface area contributed by atoms with Crippen LogP contribution in [0.25, 0.3) is 0 Å². The number of amides is 1. The molecule has 0 radical (unpaired) electrons. The topological polar surface area (TPSA) is 81.8 Å². The summed E-state index contributed by atoms with van der Waals surface area (Å²) in [7, 11) is -1.53. The third kappa shape index (κ3) is 5.63. The molecule has 0 atom stereocenters. The summed E-state index contributed by atoms with van der Waals surface area (Å²) >= 11 is 5.21. The average Bonchev–Trinajstić information content (AvgIpc) is 2.70. The molecule has 0 unspecified atom stereocenters. The molecule has 1 amide bonds. The normalized spacial score (nSPS) is 15.5. The average molecular weight is 447 g/mol. The first-order chi connectivity index (χ1) is 14.3. The summed E-state index contributed by atoms with van der Waals surface area (Å²) in [6.45, 7) is 4.35. The van der Waals surface area contributed by atoms with Crippen molar-refractivity contribution in [3.05, 3.63) is 59.7 Å². The van der Waals surface area contributed by atoms with Gasteiger partial charge in [0.05, 0.1) is 11.3 Å². The summed E-state index contributed by atoms with van der Waals surface area (Å²) in [6.07, 6.45) is 0.233. The third-order valence-electron chi connectivity index (χ3n) is 5.08. The van der Waals surface area contributed by atoms with E-state index in [-0.39, 0.29) is 22.3 Å². The number of carbonyl (C=O) groups excluding carboxylic acids is 1. The van der Waals surface area contributed by atoms with Crippen LogP contribution in [0.15, 0.2) is 53.4 Å². The number of benzene rings is 2. The van der Waals surface area contributed by atoms with Gasteiger partial charge in [-0.2, -0.15) is 4.31 Å². The number of thiocarbonyl (C=S) groups is 1. The van der Waals surface area contributed by atoms with E-state index in [9.17, 15) is 13.2 Å². The maximum absolute atomic E-state index is 12.8. The Balaban J connectivity index is 1.56. The Hall–Kier alpha value is -2.33. The summed E-state index contributed by atoms with van der Waals surface area (Å²) in [5, 5.41) is 5.75. The number of carbonyl (C=O) groups is 1. The van der Waals surface area contributed by atoms with Crippen LogP contribution >= 0.6 is 12.2 Å². The van der Waals surface area contributed by atoms with E-state index in [4.69, 9.17) is 12.2 Å². The number of piperazine rings is 1. The fourth-order valence-corrected chi connectivity index (χ4v) is 4.86. The monoisotopic (exact) mass is 446 g/mol. The minimum Gasteiger partial charge on any atom is -0.332 e. The molecule has 0 bridgehead atoms. The van der Waals surface area contributed by atoms with Gasteiger partial charge < -0.3 is 15.5 Å². The summed E-state index contributed by atoms with van der Waals surface area (Å²) in [5.41, 5.74) is 2.59. The highest BCUT2D eigenvalue weighted by atomic mass is 32.2. The molecule has 30 heavy (non-hydrogen) atoms. The van der Waals surface area contributed by atoms with Gasteiger partial charge in [-0.3, -0.25) is 4.79 Å². The SMILES string of the molecule is Cc1ccccc1CC(=O)NC(=S)Nc1ccc(S(=O)(=O)N2CCN(C)CC2)cc1. The van der Waals surface area contributed by atoms with Gasteiger partial charge in [0.15, 0.2) is 5.11 Å². The second-order valence-electron chi connectivity index (χ2n) is 7.34. The highest BCUT2D eigenvalue weighted by Crippen LogP contribution is 2.19. The zero-order valence-electron chi connectivity index (χ0n) is 17.1. The Morgan fingerprint density at radius 1 is 1.03 bits per heavy atom. The van der Waals surface area contributed by atoms with Crippen molar-refractivity contribution < 1.29 is 13.2 Å². The van der Waals surface area contributed by atoms with Crippen molar-refractivity contribution >= 4 is 38.9 Å². The minimum atomic E-state index is -3.51. The minimum absolute atomic E-state index is 0.170. The Morgan fingerprint density at radius 3 is 2.30 bits per heavy atom. The van der Waals surface area contributed by atoms with Gasteiger partial charge in [-0.15, -0.1) is 0 Å². The Morgan fingerprint density at radius 2 is 1.67 bits per heavy atom. The van der Waals surface area contributed by atoms with E-state index >= 15 is 0 Å². The zero-order valence-corrected chi connectivity index (χ0v) is 18.7. The number of anilines is 1. The lowest BCUT2D eigenvalue weighted by atomic mass is 10.1. The summed E-state index contributed by atoms with van der Waals surface area (Å²) in [6, 6.07) is 14.1. The lowest BCUT2D eigenvalue weighted by Crippen LogP contribution is -2.46. The van der Waals surface area contributed by atoms with E-state index in [1.807, 2.05) is 38.2 Å². The molecule has 7 nitrogen and oxygen atoms in total. The Labute approximate surface area is 183 Å². The van der Waals surface area contributed by atoms with Gasteiger partial charge >= 0.3 is 0 Å². The maximum Gasteiger partial charge on any atom is 0.243 e. The van der Waals surface area contributed by atoms with Gasteiger partial charge in [-0.05, 0) is 61.6 Å². The summed E-state index contributed by atoms with van der Waals surface area (Å²) in [5.74, 6) is -0.212. The number of hydrogen-bond acceptors (Lipinski definition) is 5. The Bertz CT molecular complexity index is 1010. The van der Waals surface area contributed by atoms with Crippen LogP contribution in [0.1, 0.15) is 11.1 Å². The standard InChI is InChI=1S/C21H26N4O3S2/c1-16-5-3-4-6-17(16)15-20(26)23-21(29)22-18-7-9-19(10-8-18)30(27,28)25-13-11-24(2)12-14-25/h3-10H,11-15H2,1-2H3,(H2,22,23,26,29). The lowest BCUT2D eigenvalue weighted by molar-refractivity contribution is -0.119. The molecule has 2 aromatic carbocycles. The predicted octanol–water partition coefficient (Wildman–Crippen LogP) is 1.99. The molecule has 2 N–H and O–H groups in total. The van der Waals surface area contributed by atoms with Crippen molar-refractivity contribution in [1.82, 2.24) is 14.5 Å². The van der Waals surface area contributed by atoms with Gasteiger partial charge in [-0.25, -0.2) is 8.42 Å². The number of likely N-dealkylation sites (N-methyl/N-ethyl adjacent to an activating group) is 1. The fourth-order valence-electron chi connectivity index (χ4n) is 3.20. The first-order valence-corrected chi connectivity index (χ1v) is 11.5. The van der Waals surface area contributed by atoms with E-state index in [0.717, 1.165) is 24.2 Å². The van der Waals surface area contributed by atoms with Crippen LogP contribution in [0.2, 0.25) is 0 Å². The summed E-state index contributed by atoms with van der Waals surface area (Å²) in [4.78, 5) is 14.6. The van der Waals surface area contributed by atoms with E-state index < -0.39 is 10.0 Å². The van der Waals surface area contributed by atoms with E-state index in [1.165, 1.54) is 4.31 Å². The van der Waals surface area contributed by atoms with Crippen LogP contribution in [0.3, 0.4) is 0 Å². The highest BCUT2D eigenvalue weighted by molar-refractivity contribution is 7.89. The molecule has 1 fully saturated rings. The van der Waals surface area contributed by atoms with Crippen molar-refractivity contribution in [1.29, 1.82) is 0 Å². The van der Waals surface area contributed by atoms with E-state index in [1.54, 1.807) is 24.3 Å². The molecule has 9 heteroatoms. The number of nitrogens with one attached hydrogen (secondary N) is 2. The van der Waals surface area contributed by atoms with Crippen LogP contribution in [0.4, 0.5) is 5.69 Å². The lowest BCUT2D eigenvalue weighted by Gasteiger charge is -2.31. The second-order valence-corrected chi connectivity index (χ2v) is 9.68. The molecule has 0 aliphatic carbocycles. The van der Waals surface area contributed by atoms with Crippen molar-refractivity contribution in [2.45, 2.75) is 18.2 Å². The van der Waals surface area contributed by atoms with Gasteiger partial charge in [0.25, 0.3) is 0 Å². The van der Waals surface area contributed by atoms with Crippen LogP contribution in [0.5, 0.6) is 0 Å². The van der Waals surface area contributed by atoms with Crippen molar-refractivity contribution in [2.75, 3.05) is 38.5 Å². The first kappa shape index (κ1) is 22.4.